The second kappa shape index (κ2) is 5.99. The average Bonchev–Trinajstić information content (AvgIpc) is 2.88. The molecule has 0 aliphatic rings. The minimum absolute atomic E-state index is 0.317. The first-order chi connectivity index (χ1) is 9.93. The first kappa shape index (κ1) is 15.1. The van der Waals surface area contributed by atoms with Crippen LogP contribution >= 0.6 is 0 Å². The summed E-state index contributed by atoms with van der Waals surface area (Å²) in [6, 6.07) is 5.27. The fraction of sp³-hybridized carbons (Fsp3) is 0.375. The zero-order valence-corrected chi connectivity index (χ0v) is 12.3. The van der Waals surface area contributed by atoms with Gasteiger partial charge >= 0.3 is 5.97 Å². The highest BCUT2D eigenvalue weighted by atomic mass is 16.4. The van der Waals surface area contributed by atoms with Crippen molar-refractivity contribution in [1.29, 1.82) is 0 Å². The topological polar surface area (TPSA) is 79.5 Å². The van der Waals surface area contributed by atoms with E-state index >= 15 is 0 Å². The average molecular weight is 289 g/mol. The van der Waals surface area contributed by atoms with Gasteiger partial charge in [-0.2, -0.15) is 0 Å². The molecule has 0 aliphatic carbocycles. The molecule has 0 saturated carbocycles. The number of hydrogen-bond acceptors (Lipinski definition) is 3. The van der Waals surface area contributed by atoms with Gasteiger partial charge in [0.25, 0.3) is 5.91 Å². The highest BCUT2D eigenvalue weighted by Crippen LogP contribution is 2.23. The van der Waals surface area contributed by atoms with Gasteiger partial charge in [0, 0.05) is 11.4 Å². The zero-order chi connectivity index (χ0) is 15.6. The van der Waals surface area contributed by atoms with Crippen molar-refractivity contribution in [2.45, 2.75) is 33.2 Å². The minimum atomic E-state index is -0.937. The molecule has 112 valence electrons. The molecule has 0 aliphatic heterocycles. The van der Waals surface area contributed by atoms with Crippen molar-refractivity contribution in [3.63, 3.8) is 0 Å². The number of hydrogen-bond donors (Lipinski definition) is 2. The molecule has 1 amide bonds. The number of carboxylic acid groups (broad SMARTS) is 1. The molecule has 5 nitrogen and oxygen atoms in total. The Balaban J connectivity index is 2.25. The quantitative estimate of drug-likeness (QED) is 0.887. The maximum atomic E-state index is 12.3. The fourth-order valence-corrected chi connectivity index (χ4v) is 2.10. The molecule has 0 spiro atoms. The zero-order valence-electron chi connectivity index (χ0n) is 12.3. The third-order valence-electron chi connectivity index (χ3n) is 3.79. The number of furan rings is 1. The van der Waals surface area contributed by atoms with Crippen LogP contribution in [-0.4, -0.2) is 23.0 Å². The largest absolute Gasteiger partial charge is 0.481 e. The number of fused-ring (bicyclic) bond motifs is 1. The first-order valence-electron chi connectivity index (χ1n) is 6.97. The lowest BCUT2D eigenvalue weighted by molar-refractivity contribution is -0.141. The van der Waals surface area contributed by atoms with Crippen molar-refractivity contribution in [2.24, 2.45) is 5.92 Å². The molecular formula is C16H19NO4. The lowest BCUT2D eigenvalue weighted by Gasteiger charge is -2.17. The molecule has 1 aromatic carbocycles. The van der Waals surface area contributed by atoms with Crippen LogP contribution in [0, 0.1) is 5.92 Å². The molecule has 0 radical (unpaired) electrons. The lowest BCUT2D eigenvalue weighted by Crippen LogP contribution is -2.39. The van der Waals surface area contributed by atoms with E-state index in [4.69, 9.17) is 9.52 Å². The molecule has 21 heavy (non-hydrogen) atoms. The molecule has 2 rings (SSSR count). The van der Waals surface area contributed by atoms with Crippen LogP contribution in [0.4, 0.5) is 0 Å². The Kier molecular flexibility index (Phi) is 4.31. The van der Waals surface area contributed by atoms with Crippen molar-refractivity contribution >= 4 is 22.8 Å². The molecule has 0 bridgehead atoms. The Bertz CT molecular complexity index is 674. The highest BCUT2D eigenvalue weighted by Gasteiger charge is 2.23. The van der Waals surface area contributed by atoms with Crippen molar-refractivity contribution in [3.05, 3.63) is 35.6 Å². The van der Waals surface area contributed by atoms with Gasteiger partial charge in [-0.05, 0) is 38.0 Å². The van der Waals surface area contributed by atoms with Crippen LogP contribution in [0.2, 0.25) is 0 Å². The van der Waals surface area contributed by atoms with E-state index in [2.05, 4.69) is 5.32 Å². The van der Waals surface area contributed by atoms with E-state index in [1.807, 2.05) is 25.1 Å². The Morgan fingerprint density at radius 2 is 2.05 bits per heavy atom. The summed E-state index contributed by atoms with van der Waals surface area (Å²) in [6.45, 7) is 5.28. The SMILES string of the molecule is CCc1ccc2occ(C(=O)NC(C)C(C)C(=O)O)c2c1. The van der Waals surface area contributed by atoms with E-state index in [9.17, 15) is 9.59 Å². The summed E-state index contributed by atoms with van der Waals surface area (Å²) in [5.74, 6) is -1.91. The summed E-state index contributed by atoms with van der Waals surface area (Å²) in [4.78, 5) is 23.2. The maximum Gasteiger partial charge on any atom is 0.308 e. The molecule has 0 fully saturated rings. The number of carbonyl (C=O) groups is 2. The molecule has 2 atom stereocenters. The first-order valence-corrected chi connectivity index (χ1v) is 6.97. The highest BCUT2D eigenvalue weighted by molar-refractivity contribution is 6.06. The van der Waals surface area contributed by atoms with Crippen LogP contribution in [0.25, 0.3) is 11.0 Å². The summed E-state index contributed by atoms with van der Waals surface area (Å²) in [5, 5.41) is 12.4. The smallest absolute Gasteiger partial charge is 0.308 e. The van der Waals surface area contributed by atoms with Gasteiger partial charge in [0.2, 0.25) is 0 Å². The normalized spacial score (nSPS) is 13.9. The summed E-state index contributed by atoms with van der Waals surface area (Å²) in [7, 11) is 0. The number of aryl methyl sites for hydroxylation is 1. The summed E-state index contributed by atoms with van der Waals surface area (Å²) < 4.78 is 5.38. The Morgan fingerprint density at radius 1 is 1.33 bits per heavy atom. The predicted molar refractivity (Wildman–Crippen MR) is 79.3 cm³/mol. The maximum absolute atomic E-state index is 12.3. The van der Waals surface area contributed by atoms with Crippen molar-refractivity contribution < 1.29 is 19.1 Å². The van der Waals surface area contributed by atoms with Gasteiger partial charge in [-0.1, -0.05) is 13.0 Å². The van der Waals surface area contributed by atoms with Gasteiger partial charge in [0.05, 0.1) is 11.5 Å². The van der Waals surface area contributed by atoms with Gasteiger partial charge < -0.3 is 14.8 Å². The molecule has 5 heteroatoms. The van der Waals surface area contributed by atoms with Gasteiger partial charge in [0.1, 0.15) is 11.8 Å². The number of amides is 1. The van der Waals surface area contributed by atoms with Gasteiger partial charge in [-0.3, -0.25) is 9.59 Å². The lowest BCUT2D eigenvalue weighted by atomic mass is 10.0. The number of benzene rings is 1. The second-order valence-corrected chi connectivity index (χ2v) is 5.22. The van der Waals surface area contributed by atoms with Crippen molar-refractivity contribution in [2.75, 3.05) is 0 Å². The molecule has 2 aromatic rings. The monoisotopic (exact) mass is 289 g/mol. The minimum Gasteiger partial charge on any atom is -0.481 e. The Hall–Kier alpha value is -2.30. The van der Waals surface area contributed by atoms with Crippen molar-refractivity contribution in [1.82, 2.24) is 5.32 Å². The number of rotatable bonds is 5. The molecule has 0 saturated heterocycles. The van der Waals surface area contributed by atoms with Crippen LogP contribution < -0.4 is 5.32 Å². The third kappa shape index (κ3) is 3.07. The third-order valence-corrected chi connectivity index (χ3v) is 3.79. The molecule has 2 unspecified atom stereocenters. The number of carbonyl (C=O) groups excluding carboxylic acids is 1. The van der Waals surface area contributed by atoms with Crippen molar-refractivity contribution in [3.8, 4) is 0 Å². The molecule has 1 heterocycles. The second-order valence-electron chi connectivity index (χ2n) is 5.22. The van der Waals surface area contributed by atoms with E-state index in [1.54, 1.807) is 13.8 Å². The van der Waals surface area contributed by atoms with E-state index in [0.29, 0.717) is 11.1 Å². The van der Waals surface area contributed by atoms with Gasteiger partial charge in [-0.15, -0.1) is 0 Å². The summed E-state index contributed by atoms with van der Waals surface area (Å²) in [6.07, 6.45) is 2.28. The standard InChI is InChI=1S/C16H19NO4/c1-4-11-5-6-14-12(7-11)13(8-21-14)15(18)17-10(3)9(2)16(19)20/h5-10H,4H2,1-3H3,(H,17,18)(H,19,20). The number of nitrogens with one attached hydrogen (secondary N) is 1. The molecule has 2 N–H and O–H groups in total. The van der Waals surface area contributed by atoms with Crippen LogP contribution in [0.1, 0.15) is 36.7 Å². The summed E-state index contributed by atoms with van der Waals surface area (Å²) >= 11 is 0. The van der Waals surface area contributed by atoms with E-state index < -0.39 is 17.9 Å². The number of carboxylic acids is 1. The molecular weight excluding hydrogens is 270 g/mol. The van der Waals surface area contributed by atoms with Crippen LogP contribution in [0.5, 0.6) is 0 Å². The fourth-order valence-electron chi connectivity index (χ4n) is 2.10. The van der Waals surface area contributed by atoms with E-state index in [-0.39, 0.29) is 5.91 Å². The van der Waals surface area contributed by atoms with Gasteiger partial charge in [0.15, 0.2) is 0 Å². The van der Waals surface area contributed by atoms with E-state index in [0.717, 1.165) is 17.4 Å². The van der Waals surface area contributed by atoms with Crippen LogP contribution in [0.3, 0.4) is 0 Å². The van der Waals surface area contributed by atoms with Gasteiger partial charge in [-0.25, -0.2) is 0 Å². The summed E-state index contributed by atoms with van der Waals surface area (Å²) in [5.41, 5.74) is 2.20. The Labute approximate surface area is 122 Å². The van der Waals surface area contributed by atoms with Crippen LogP contribution in [0.15, 0.2) is 28.9 Å². The Morgan fingerprint density at radius 3 is 2.67 bits per heavy atom. The van der Waals surface area contributed by atoms with Crippen LogP contribution in [-0.2, 0) is 11.2 Å². The number of aliphatic carboxylic acids is 1. The molecule has 1 aromatic heterocycles. The van der Waals surface area contributed by atoms with E-state index in [1.165, 1.54) is 6.26 Å². The predicted octanol–water partition coefficient (Wildman–Crippen LogP) is 2.83.